The lowest BCUT2D eigenvalue weighted by molar-refractivity contribution is -0.144. The Kier molecular flexibility index (Phi) is 9.70. The van der Waals surface area contributed by atoms with Gasteiger partial charge in [0, 0.05) is 11.6 Å². The predicted molar refractivity (Wildman–Crippen MR) is 151 cm³/mol. The fourth-order valence-electron chi connectivity index (χ4n) is 4.31. The third kappa shape index (κ3) is 7.99. The van der Waals surface area contributed by atoms with Crippen molar-refractivity contribution in [2.75, 3.05) is 6.54 Å². The molecule has 5 nitrogen and oxygen atoms in total. The number of aliphatic carboxylic acids is 1. The number of rotatable bonds is 8. The molecule has 198 valence electrons. The second-order valence-electron chi connectivity index (χ2n) is 10.4. The minimum atomic E-state index is -1.69. The lowest BCUT2D eigenvalue weighted by atomic mass is 10.0. The number of carboxylic acids is 1. The maximum atomic E-state index is 13.4. The van der Waals surface area contributed by atoms with Gasteiger partial charge >= 0.3 is 5.97 Å². The molecular formula is C30H36ClNO4S. The summed E-state index contributed by atoms with van der Waals surface area (Å²) in [5.74, 6) is -1.15. The van der Waals surface area contributed by atoms with Gasteiger partial charge in [0.1, 0.15) is 16.5 Å². The molecule has 7 heteroatoms. The summed E-state index contributed by atoms with van der Waals surface area (Å²) in [7, 11) is -1.69. The van der Waals surface area contributed by atoms with Crippen LogP contribution in [0.2, 0.25) is 0 Å². The summed E-state index contributed by atoms with van der Waals surface area (Å²) < 4.78 is 14.9. The molecule has 0 amide bonds. The molecule has 0 heterocycles. The Labute approximate surface area is 227 Å². The maximum absolute atomic E-state index is 13.4. The molecule has 0 spiro atoms. The topological polar surface area (TPSA) is 77.8 Å². The van der Waals surface area contributed by atoms with E-state index in [2.05, 4.69) is 13.0 Å². The van der Waals surface area contributed by atoms with Crippen LogP contribution in [-0.2, 0) is 22.2 Å². The molecule has 2 aliphatic rings. The highest BCUT2D eigenvalue weighted by molar-refractivity contribution is 7.82. The Morgan fingerprint density at radius 2 is 1.76 bits per heavy atom. The van der Waals surface area contributed by atoms with E-state index in [-0.39, 0.29) is 12.5 Å². The molecular weight excluding hydrogens is 506 g/mol. The first-order valence-electron chi connectivity index (χ1n) is 12.4. The van der Waals surface area contributed by atoms with Crippen molar-refractivity contribution in [3.63, 3.8) is 0 Å². The Balaban J connectivity index is 0.000000356. The first-order chi connectivity index (χ1) is 17.4. The molecule has 3 atom stereocenters. The predicted octanol–water partition coefficient (Wildman–Crippen LogP) is 6.19. The largest absolute Gasteiger partial charge is 0.480 e. The molecule has 0 saturated heterocycles. The van der Waals surface area contributed by atoms with Crippen LogP contribution in [0.15, 0.2) is 94.4 Å². The summed E-state index contributed by atoms with van der Waals surface area (Å²) in [6.45, 7) is 7.26. The summed E-state index contributed by atoms with van der Waals surface area (Å²) >= 11 is 5.72. The number of aliphatic hydroxyl groups is 1. The minimum absolute atomic E-state index is 0.00504. The van der Waals surface area contributed by atoms with Gasteiger partial charge in [-0.05, 0) is 82.7 Å². The van der Waals surface area contributed by atoms with Crippen LogP contribution < -0.4 is 0 Å². The van der Waals surface area contributed by atoms with E-state index >= 15 is 0 Å². The van der Waals surface area contributed by atoms with Gasteiger partial charge in [-0.3, -0.25) is 4.79 Å². The SMILES string of the molecule is CC1=CC=C(Cl)C=CC1.Cc1ccc(S(=O)N(CC(C)(C)O)C2(C(=O)O)CC2Cc2ccccc2)cc1. The Bertz CT molecular complexity index is 1200. The van der Waals surface area contributed by atoms with E-state index in [1.807, 2.05) is 67.6 Å². The van der Waals surface area contributed by atoms with E-state index in [9.17, 15) is 19.2 Å². The van der Waals surface area contributed by atoms with Gasteiger partial charge in [-0.2, -0.15) is 0 Å². The molecule has 0 aliphatic heterocycles. The molecule has 4 rings (SSSR count). The molecule has 2 aliphatic carbocycles. The average molecular weight is 542 g/mol. The van der Waals surface area contributed by atoms with E-state index in [0.29, 0.717) is 17.7 Å². The molecule has 2 aromatic carbocycles. The number of carboxylic acid groups (broad SMARTS) is 1. The van der Waals surface area contributed by atoms with Crippen LogP contribution in [0.25, 0.3) is 0 Å². The average Bonchev–Trinajstić information content (AvgIpc) is 3.59. The molecule has 37 heavy (non-hydrogen) atoms. The Morgan fingerprint density at radius 3 is 2.35 bits per heavy atom. The first-order valence-corrected chi connectivity index (χ1v) is 13.9. The van der Waals surface area contributed by atoms with Crippen molar-refractivity contribution < 1.29 is 19.2 Å². The van der Waals surface area contributed by atoms with Gasteiger partial charge in [-0.1, -0.05) is 77.4 Å². The summed E-state index contributed by atoms with van der Waals surface area (Å²) in [6.07, 6.45) is 9.98. The number of benzene rings is 2. The zero-order valence-electron chi connectivity index (χ0n) is 21.9. The number of halogens is 1. The van der Waals surface area contributed by atoms with Gasteiger partial charge < -0.3 is 10.2 Å². The highest BCUT2D eigenvalue weighted by atomic mass is 35.5. The molecule has 2 N–H and O–H groups in total. The van der Waals surface area contributed by atoms with Gasteiger partial charge in [0.15, 0.2) is 0 Å². The van der Waals surface area contributed by atoms with Crippen LogP contribution in [0.1, 0.15) is 44.7 Å². The lowest BCUT2D eigenvalue weighted by Crippen LogP contribution is -2.52. The van der Waals surface area contributed by atoms with Crippen LogP contribution in [0.4, 0.5) is 0 Å². The van der Waals surface area contributed by atoms with Gasteiger partial charge in [0.05, 0.1) is 10.5 Å². The number of carbonyl (C=O) groups is 1. The highest BCUT2D eigenvalue weighted by Crippen LogP contribution is 2.52. The summed E-state index contributed by atoms with van der Waals surface area (Å²) in [4.78, 5) is 12.9. The molecule has 0 aromatic heterocycles. The van der Waals surface area contributed by atoms with Gasteiger partial charge in [-0.15, -0.1) is 0 Å². The van der Waals surface area contributed by atoms with Crippen molar-refractivity contribution in [2.24, 2.45) is 5.92 Å². The number of allylic oxidation sites excluding steroid dienone is 6. The van der Waals surface area contributed by atoms with Crippen molar-refractivity contribution >= 4 is 28.6 Å². The number of β-amino-alcohol motifs (C(OH)–C–C–N with tert-alkyl or cyclic N) is 1. The van der Waals surface area contributed by atoms with Crippen molar-refractivity contribution in [3.8, 4) is 0 Å². The van der Waals surface area contributed by atoms with Crippen LogP contribution >= 0.6 is 11.6 Å². The first kappa shape index (κ1) is 29.1. The number of aryl methyl sites for hydroxylation is 1. The summed E-state index contributed by atoms with van der Waals surface area (Å²) in [5.41, 5.74) is 1.02. The zero-order valence-corrected chi connectivity index (χ0v) is 23.4. The lowest BCUT2D eigenvalue weighted by Gasteiger charge is -2.33. The Morgan fingerprint density at radius 1 is 1.11 bits per heavy atom. The minimum Gasteiger partial charge on any atom is -0.480 e. The van der Waals surface area contributed by atoms with Gasteiger partial charge in [0.2, 0.25) is 0 Å². The quantitative estimate of drug-likeness (QED) is 0.417. The second kappa shape index (κ2) is 12.4. The van der Waals surface area contributed by atoms with Crippen LogP contribution in [0.3, 0.4) is 0 Å². The molecule has 1 saturated carbocycles. The van der Waals surface area contributed by atoms with E-state index in [1.54, 1.807) is 26.0 Å². The number of nitrogens with zero attached hydrogens (tertiary/aromatic N) is 1. The molecule has 0 radical (unpaired) electrons. The van der Waals surface area contributed by atoms with Gasteiger partial charge in [0.25, 0.3) is 0 Å². The van der Waals surface area contributed by atoms with E-state index in [1.165, 1.54) is 9.88 Å². The number of hydrogen-bond donors (Lipinski definition) is 2. The molecule has 2 aromatic rings. The van der Waals surface area contributed by atoms with Crippen LogP contribution in [0.5, 0.6) is 0 Å². The molecule has 1 fully saturated rings. The van der Waals surface area contributed by atoms with Crippen LogP contribution in [-0.4, -0.2) is 42.4 Å². The second-order valence-corrected chi connectivity index (χ2v) is 12.2. The van der Waals surface area contributed by atoms with Crippen molar-refractivity contribution in [2.45, 2.75) is 63.0 Å². The highest BCUT2D eigenvalue weighted by Gasteiger charge is 2.66. The standard InChI is InChI=1S/C22H27NO4S.C8H9Cl/c1-16-9-11-19(12-10-16)28(27)23(15-21(2,3)26)22(20(24)25)14-18(22)13-17-7-5-4-6-8-17;1-7-3-2-4-8(9)6-5-7/h4-12,18,26H,13-15H2,1-3H3,(H,24,25);2,4-6H,3H2,1H3. The van der Waals surface area contributed by atoms with E-state index in [0.717, 1.165) is 22.6 Å². The van der Waals surface area contributed by atoms with E-state index in [4.69, 9.17) is 11.6 Å². The fraction of sp³-hybridized carbons (Fsp3) is 0.367. The van der Waals surface area contributed by atoms with Gasteiger partial charge in [-0.25, -0.2) is 8.51 Å². The van der Waals surface area contributed by atoms with Crippen molar-refractivity contribution in [1.29, 1.82) is 0 Å². The summed E-state index contributed by atoms with van der Waals surface area (Å²) in [6, 6.07) is 17.0. The third-order valence-electron chi connectivity index (χ3n) is 6.41. The van der Waals surface area contributed by atoms with Crippen LogP contribution in [0, 0.1) is 12.8 Å². The molecule has 3 unspecified atom stereocenters. The summed E-state index contributed by atoms with van der Waals surface area (Å²) in [5, 5.41) is 21.3. The zero-order chi connectivity index (χ0) is 27.2. The Hall–Kier alpha value is -2.51. The van der Waals surface area contributed by atoms with E-state index < -0.39 is 28.1 Å². The maximum Gasteiger partial charge on any atom is 0.325 e. The monoisotopic (exact) mass is 541 g/mol. The smallest absolute Gasteiger partial charge is 0.325 e. The number of hydrogen-bond acceptors (Lipinski definition) is 3. The molecule has 0 bridgehead atoms. The van der Waals surface area contributed by atoms with Crippen molar-refractivity contribution in [3.05, 3.63) is 101 Å². The van der Waals surface area contributed by atoms with Crippen molar-refractivity contribution in [1.82, 2.24) is 4.31 Å². The fourth-order valence-corrected chi connectivity index (χ4v) is 6.12. The normalized spacial score (nSPS) is 21.8. The third-order valence-corrected chi connectivity index (χ3v) is 8.19.